The summed E-state index contributed by atoms with van der Waals surface area (Å²) in [6.45, 7) is 0. The van der Waals surface area contributed by atoms with E-state index in [0.29, 0.717) is 11.3 Å². The third-order valence-electron chi connectivity index (χ3n) is 1.99. The molecule has 1 heterocycles. The number of nitrogens with one attached hydrogen (secondary N) is 1. The van der Waals surface area contributed by atoms with Crippen molar-refractivity contribution in [3.8, 4) is 0 Å². The largest absolute Gasteiger partial charge is 0.463 e. The molecule has 1 aromatic heterocycles. The lowest BCUT2D eigenvalue weighted by molar-refractivity contribution is 0.0955. The Kier molecular flexibility index (Phi) is 3.92. The molecule has 1 aromatic carbocycles. The summed E-state index contributed by atoms with van der Waals surface area (Å²) in [6.07, 6.45) is 2.99. The lowest BCUT2D eigenvalue weighted by Crippen LogP contribution is -2.17. The molecule has 2 aromatic rings. The van der Waals surface area contributed by atoms with Gasteiger partial charge in [0.05, 0.1) is 12.5 Å². The Morgan fingerprint density at radius 1 is 1.35 bits per heavy atom. The molecule has 1 N–H and O–H groups in total. The summed E-state index contributed by atoms with van der Waals surface area (Å²) < 4.78 is 6.04. The van der Waals surface area contributed by atoms with Gasteiger partial charge in [-0.25, -0.2) is 5.43 Å². The Labute approximate surface area is 112 Å². The van der Waals surface area contributed by atoms with Crippen LogP contribution < -0.4 is 5.43 Å². The molecule has 0 bridgehead atoms. The Morgan fingerprint density at radius 2 is 2.24 bits per heavy atom. The molecule has 1 amide bonds. The highest BCUT2D eigenvalue weighted by molar-refractivity contribution is 14.1. The van der Waals surface area contributed by atoms with Crippen molar-refractivity contribution in [1.82, 2.24) is 5.43 Å². The summed E-state index contributed by atoms with van der Waals surface area (Å²) in [4.78, 5) is 11.7. The lowest BCUT2D eigenvalue weighted by Gasteiger charge is -1.99. The molecular weight excluding hydrogens is 331 g/mol. The van der Waals surface area contributed by atoms with E-state index < -0.39 is 0 Å². The number of carbonyl (C=O) groups excluding carboxylic acids is 1. The van der Waals surface area contributed by atoms with Crippen molar-refractivity contribution < 1.29 is 9.21 Å². The number of carbonyl (C=O) groups is 1. The van der Waals surface area contributed by atoms with Gasteiger partial charge < -0.3 is 4.42 Å². The summed E-state index contributed by atoms with van der Waals surface area (Å²) >= 11 is 2.15. The predicted molar refractivity (Wildman–Crippen MR) is 72.9 cm³/mol. The molecular formula is C12H9IN2O2. The van der Waals surface area contributed by atoms with Gasteiger partial charge in [-0.15, -0.1) is 0 Å². The Balaban J connectivity index is 1.98. The van der Waals surface area contributed by atoms with Gasteiger partial charge in [0.15, 0.2) is 0 Å². The normalized spacial score (nSPS) is 10.6. The maximum absolute atomic E-state index is 11.7. The van der Waals surface area contributed by atoms with Crippen LogP contribution in [0.2, 0.25) is 0 Å². The van der Waals surface area contributed by atoms with Crippen LogP contribution in [0.25, 0.3) is 0 Å². The van der Waals surface area contributed by atoms with Crippen molar-refractivity contribution in [2.75, 3.05) is 0 Å². The highest BCUT2D eigenvalue weighted by Gasteiger charge is 2.03. The Hall–Kier alpha value is -1.63. The van der Waals surface area contributed by atoms with E-state index in [1.54, 1.807) is 30.5 Å². The number of rotatable bonds is 3. The van der Waals surface area contributed by atoms with Gasteiger partial charge in [-0.3, -0.25) is 4.79 Å². The van der Waals surface area contributed by atoms with Gasteiger partial charge in [0.25, 0.3) is 5.91 Å². The standard InChI is InChI=1S/C12H9IN2O2/c13-10-4-1-3-9(7-10)12(16)15-14-8-11-5-2-6-17-11/h1-8H,(H,15,16)/b14-8+. The number of amides is 1. The molecule has 86 valence electrons. The average molecular weight is 340 g/mol. The number of furan rings is 1. The Morgan fingerprint density at radius 3 is 2.94 bits per heavy atom. The number of hydrazone groups is 1. The van der Waals surface area contributed by atoms with E-state index in [0.717, 1.165) is 3.57 Å². The molecule has 0 aliphatic heterocycles. The van der Waals surface area contributed by atoms with Crippen molar-refractivity contribution in [3.63, 3.8) is 0 Å². The topological polar surface area (TPSA) is 54.6 Å². The van der Waals surface area contributed by atoms with Crippen LogP contribution in [0, 0.1) is 3.57 Å². The van der Waals surface area contributed by atoms with Gasteiger partial charge in [-0.1, -0.05) is 6.07 Å². The van der Waals surface area contributed by atoms with E-state index in [9.17, 15) is 4.79 Å². The molecule has 0 spiro atoms. The smallest absolute Gasteiger partial charge is 0.271 e. The zero-order chi connectivity index (χ0) is 12.1. The summed E-state index contributed by atoms with van der Waals surface area (Å²) in [5.41, 5.74) is 3.01. The number of nitrogens with zero attached hydrogens (tertiary/aromatic N) is 1. The van der Waals surface area contributed by atoms with Crippen LogP contribution in [0.3, 0.4) is 0 Å². The molecule has 0 radical (unpaired) electrons. The fourth-order valence-corrected chi connectivity index (χ4v) is 1.76. The minimum atomic E-state index is -0.244. The van der Waals surface area contributed by atoms with Crippen molar-refractivity contribution in [3.05, 3.63) is 57.6 Å². The first-order chi connectivity index (χ1) is 8.25. The molecule has 0 saturated heterocycles. The van der Waals surface area contributed by atoms with Crippen LogP contribution in [0.4, 0.5) is 0 Å². The minimum Gasteiger partial charge on any atom is -0.463 e. The summed E-state index contributed by atoms with van der Waals surface area (Å²) in [5, 5.41) is 3.80. The number of halogens is 1. The predicted octanol–water partition coefficient (Wildman–Crippen LogP) is 2.65. The molecule has 5 heteroatoms. The molecule has 17 heavy (non-hydrogen) atoms. The zero-order valence-electron chi connectivity index (χ0n) is 8.76. The average Bonchev–Trinajstić information content (AvgIpc) is 2.82. The molecule has 0 aliphatic rings. The second kappa shape index (κ2) is 5.62. The van der Waals surface area contributed by atoms with Crippen LogP contribution in [0.5, 0.6) is 0 Å². The second-order valence-corrected chi connectivity index (χ2v) is 4.47. The van der Waals surface area contributed by atoms with E-state index >= 15 is 0 Å². The van der Waals surface area contributed by atoms with Crippen LogP contribution in [-0.2, 0) is 0 Å². The third-order valence-corrected chi connectivity index (χ3v) is 2.66. The van der Waals surface area contributed by atoms with Gasteiger partial charge in [-0.2, -0.15) is 5.10 Å². The van der Waals surface area contributed by atoms with Gasteiger partial charge in [0, 0.05) is 9.13 Å². The van der Waals surface area contributed by atoms with Crippen LogP contribution in [0.15, 0.2) is 52.2 Å². The van der Waals surface area contributed by atoms with Gasteiger partial charge in [0.1, 0.15) is 5.76 Å². The summed E-state index contributed by atoms with van der Waals surface area (Å²) in [7, 11) is 0. The maximum Gasteiger partial charge on any atom is 0.271 e. The summed E-state index contributed by atoms with van der Waals surface area (Å²) in [6, 6.07) is 10.8. The molecule has 0 unspecified atom stereocenters. The first-order valence-corrected chi connectivity index (χ1v) is 5.96. The van der Waals surface area contributed by atoms with Crippen molar-refractivity contribution >= 4 is 34.7 Å². The number of hydrogen-bond donors (Lipinski definition) is 1. The van der Waals surface area contributed by atoms with E-state index in [1.165, 1.54) is 6.21 Å². The fraction of sp³-hybridized carbons (Fsp3) is 0. The highest BCUT2D eigenvalue weighted by atomic mass is 127. The van der Waals surface area contributed by atoms with Crippen LogP contribution in [0.1, 0.15) is 16.1 Å². The van der Waals surface area contributed by atoms with E-state index in [4.69, 9.17) is 4.42 Å². The number of benzene rings is 1. The molecule has 2 rings (SSSR count). The summed E-state index contributed by atoms with van der Waals surface area (Å²) in [5.74, 6) is 0.347. The molecule has 0 aliphatic carbocycles. The zero-order valence-corrected chi connectivity index (χ0v) is 10.9. The van der Waals surface area contributed by atoms with Crippen molar-refractivity contribution in [2.24, 2.45) is 5.10 Å². The van der Waals surface area contributed by atoms with Crippen molar-refractivity contribution in [2.45, 2.75) is 0 Å². The quantitative estimate of drug-likeness (QED) is 0.531. The van der Waals surface area contributed by atoms with Gasteiger partial charge in [0.2, 0.25) is 0 Å². The van der Waals surface area contributed by atoms with E-state index in [-0.39, 0.29) is 5.91 Å². The van der Waals surface area contributed by atoms with Gasteiger partial charge >= 0.3 is 0 Å². The molecule has 0 fully saturated rings. The third kappa shape index (κ3) is 3.42. The molecule has 0 saturated carbocycles. The number of hydrogen-bond acceptors (Lipinski definition) is 3. The minimum absolute atomic E-state index is 0.244. The second-order valence-electron chi connectivity index (χ2n) is 3.22. The SMILES string of the molecule is O=C(N/N=C/c1ccco1)c1cccc(I)c1. The fourth-order valence-electron chi connectivity index (χ4n) is 1.21. The molecule has 0 atom stereocenters. The van der Waals surface area contributed by atoms with Crippen molar-refractivity contribution in [1.29, 1.82) is 0 Å². The first kappa shape index (κ1) is 11.8. The van der Waals surface area contributed by atoms with Crippen LogP contribution in [-0.4, -0.2) is 12.1 Å². The van der Waals surface area contributed by atoms with Crippen LogP contribution >= 0.6 is 22.6 Å². The monoisotopic (exact) mass is 340 g/mol. The maximum atomic E-state index is 11.7. The van der Waals surface area contributed by atoms with E-state index in [1.807, 2.05) is 12.1 Å². The van der Waals surface area contributed by atoms with Gasteiger partial charge in [-0.05, 0) is 52.9 Å². The highest BCUT2D eigenvalue weighted by Crippen LogP contribution is 2.07. The van der Waals surface area contributed by atoms with E-state index in [2.05, 4.69) is 33.1 Å². The molecule has 4 nitrogen and oxygen atoms in total. The first-order valence-electron chi connectivity index (χ1n) is 4.88. The Bertz CT molecular complexity index is 535. The lowest BCUT2D eigenvalue weighted by atomic mass is 10.2.